The van der Waals surface area contributed by atoms with Crippen molar-refractivity contribution in [1.29, 1.82) is 0 Å². The monoisotopic (exact) mass is 588 g/mol. The van der Waals surface area contributed by atoms with Gasteiger partial charge in [-0.25, -0.2) is 13.2 Å². The molecule has 0 saturated heterocycles. The molecule has 1 heterocycles. The van der Waals surface area contributed by atoms with E-state index in [9.17, 15) is 31.5 Å². The van der Waals surface area contributed by atoms with Gasteiger partial charge < -0.3 is 14.6 Å². The topological polar surface area (TPSA) is 115 Å². The minimum Gasteiger partial charge on any atom is -0.462 e. The number of hydrogen-bond acceptors (Lipinski definition) is 7. The SMILES string of the molecule is CCOC(=O)c1ccc(S(=O)(=O)NC(c2ccc(OC(F)(F)F)cc2)c2nc(CCO)c3ccccc3c2C)cc1. The van der Waals surface area contributed by atoms with E-state index < -0.39 is 34.1 Å². The van der Waals surface area contributed by atoms with Crippen molar-refractivity contribution in [2.45, 2.75) is 37.6 Å². The maximum atomic E-state index is 13.6. The lowest BCUT2D eigenvalue weighted by molar-refractivity contribution is -0.274. The van der Waals surface area contributed by atoms with Gasteiger partial charge in [-0.2, -0.15) is 4.72 Å². The number of carbonyl (C=O) groups excluding carboxylic acids is 1. The normalized spacial score (nSPS) is 12.7. The summed E-state index contributed by atoms with van der Waals surface area (Å²) in [6, 6.07) is 16.2. The van der Waals surface area contributed by atoms with E-state index in [0.29, 0.717) is 22.5 Å². The number of benzene rings is 3. The van der Waals surface area contributed by atoms with Crippen molar-refractivity contribution in [1.82, 2.24) is 9.71 Å². The molecule has 8 nitrogen and oxygen atoms in total. The molecule has 41 heavy (non-hydrogen) atoms. The molecule has 0 aliphatic heterocycles. The third kappa shape index (κ3) is 7.02. The van der Waals surface area contributed by atoms with Crippen LogP contribution in [0.2, 0.25) is 0 Å². The molecule has 1 atom stereocenters. The molecule has 12 heteroatoms. The van der Waals surface area contributed by atoms with Crippen LogP contribution >= 0.6 is 0 Å². The van der Waals surface area contributed by atoms with Crippen LogP contribution in [-0.4, -0.2) is 44.1 Å². The molecular formula is C29H27F3N2O6S. The molecule has 1 aromatic heterocycles. The van der Waals surface area contributed by atoms with Crippen molar-refractivity contribution >= 4 is 26.8 Å². The Morgan fingerprint density at radius 3 is 2.22 bits per heavy atom. The van der Waals surface area contributed by atoms with Crippen LogP contribution < -0.4 is 9.46 Å². The summed E-state index contributed by atoms with van der Waals surface area (Å²) in [5, 5.41) is 11.2. The maximum Gasteiger partial charge on any atom is 0.573 e. The van der Waals surface area contributed by atoms with Gasteiger partial charge in [-0.05, 0) is 66.8 Å². The first kappa shape index (κ1) is 30.0. The summed E-state index contributed by atoms with van der Waals surface area (Å²) in [6.45, 7) is 3.37. The number of carbonyl (C=O) groups is 1. The van der Waals surface area contributed by atoms with E-state index in [0.717, 1.165) is 22.9 Å². The third-order valence-electron chi connectivity index (χ3n) is 6.30. The number of halogens is 3. The standard InChI is InChI=1S/C29H27F3N2O6S/c1-3-39-28(36)20-10-14-22(15-11-20)41(37,38)34-27(19-8-12-21(13-9-19)40-29(30,31)32)26-18(2)23-6-4-5-7-24(23)25(33-26)16-17-35/h4-15,27,34-35H,3,16-17H2,1-2H3. The molecule has 0 fully saturated rings. The largest absolute Gasteiger partial charge is 0.573 e. The first-order chi connectivity index (χ1) is 19.4. The van der Waals surface area contributed by atoms with Crippen LogP contribution in [-0.2, 0) is 21.2 Å². The van der Waals surface area contributed by atoms with E-state index in [1.807, 2.05) is 24.3 Å². The molecule has 0 bridgehead atoms. The van der Waals surface area contributed by atoms with E-state index in [2.05, 4.69) is 9.46 Å². The number of aliphatic hydroxyl groups is 1. The zero-order valence-electron chi connectivity index (χ0n) is 22.1. The van der Waals surface area contributed by atoms with Crippen molar-refractivity contribution < 1.29 is 41.0 Å². The van der Waals surface area contributed by atoms with Crippen LogP contribution in [0.5, 0.6) is 5.75 Å². The molecule has 0 radical (unpaired) electrons. The number of rotatable bonds is 10. The predicted octanol–water partition coefficient (Wildman–Crippen LogP) is 5.22. The Labute approximate surface area is 234 Å². The molecule has 2 N–H and O–H groups in total. The highest BCUT2D eigenvalue weighted by atomic mass is 32.2. The number of esters is 1. The number of nitrogens with zero attached hydrogens (tertiary/aromatic N) is 1. The molecule has 0 saturated carbocycles. The molecule has 216 valence electrons. The van der Waals surface area contributed by atoms with Gasteiger partial charge >= 0.3 is 12.3 Å². The number of fused-ring (bicyclic) bond motifs is 1. The van der Waals surface area contributed by atoms with E-state index in [4.69, 9.17) is 9.72 Å². The first-order valence-electron chi connectivity index (χ1n) is 12.6. The number of aromatic nitrogens is 1. The van der Waals surface area contributed by atoms with Gasteiger partial charge in [0.25, 0.3) is 0 Å². The fourth-order valence-electron chi connectivity index (χ4n) is 4.42. The van der Waals surface area contributed by atoms with Crippen molar-refractivity contribution in [3.05, 3.63) is 101 Å². The summed E-state index contributed by atoms with van der Waals surface area (Å²) in [4.78, 5) is 16.6. The van der Waals surface area contributed by atoms with Gasteiger partial charge in [-0.15, -0.1) is 13.2 Å². The summed E-state index contributed by atoms with van der Waals surface area (Å²) in [7, 11) is -4.25. The van der Waals surface area contributed by atoms with Crippen molar-refractivity contribution in [3.63, 3.8) is 0 Å². The van der Waals surface area contributed by atoms with E-state index in [1.54, 1.807) is 13.8 Å². The highest BCUT2D eigenvalue weighted by Gasteiger charge is 2.32. The Bertz CT molecular complexity index is 1640. The lowest BCUT2D eigenvalue weighted by Gasteiger charge is -2.23. The number of hydrogen-bond donors (Lipinski definition) is 2. The van der Waals surface area contributed by atoms with Crippen LogP contribution in [0.4, 0.5) is 13.2 Å². The number of aliphatic hydroxyl groups excluding tert-OH is 1. The predicted molar refractivity (Wildman–Crippen MR) is 145 cm³/mol. The minimum absolute atomic E-state index is 0.151. The average Bonchev–Trinajstić information content (AvgIpc) is 2.93. The number of sulfonamides is 1. The number of pyridine rings is 1. The van der Waals surface area contributed by atoms with Gasteiger partial charge in [0.05, 0.1) is 34.5 Å². The van der Waals surface area contributed by atoms with Crippen molar-refractivity contribution in [3.8, 4) is 5.75 Å². The van der Waals surface area contributed by atoms with Crippen LogP contribution in [0.25, 0.3) is 10.8 Å². The van der Waals surface area contributed by atoms with Gasteiger partial charge in [0.15, 0.2) is 0 Å². The Kier molecular flexibility index (Phi) is 8.95. The second-order valence-electron chi connectivity index (χ2n) is 9.00. The summed E-state index contributed by atoms with van der Waals surface area (Å²) in [5.41, 5.74) is 1.95. The average molecular weight is 589 g/mol. The van der Waals surface area contributed by atoms with Gasteiger partial charge in [-0.3, -0.25) is 4.98 Å². The maximum absolute atomic E-state index is 13.6. The lowest BCUT2D eigenvalue weighted by atomic mass is 9.95. The highest BCUT2D eigenvalue weighted by molar-refractivity contribution is 7.89. The molecule has 0 aliphatic rings. The van der Waals surface area contributed by atoms with Crippen molar-refractivity contribution in [2.75, 3.05) is 13.2 Å². The number of nitrogens with one attached hydrogen (secondary N) is 1. The zero-order chi connectivity index (χ0) is 29.8. The smallest absolute Gasteiger partial charge is 0.462 e. The van der Waals surface area contributed by atoms with Gasteiger partial charge in [0.2, 0.25) is 10.0 Å². The Balaban J connectivity index is 1.82. The van der Waals surface area contributed by atoms with Crippen LogP contribution in [0, 0.1) is 6.92 Å². The van der Waals surface area contributed by atoms with Gasteiger partial charge in [0.1, 0.15) is 5.75 Å². The highest BCUT2D eigenvalue weighted by Crippen LogP contribution is 2.33. The summed E-state index contributed by atoms with van der Waals surface area (Å²) in [5.74, 6) is -1.07. The second-order valence-corrected chi connectivity index (χ2v) is 10.7. The molecular weight excluding hydrogens is 561 g/mol. The number of alkyl halides is 3. The molecule has 4 rings (SSSR count). The summed E-state index contributed by atoms with van der Waals surface area (Å²) in [6.07, 6.45) is -4.70. The van der Waals surface area contributed by atoms with Gasteiger partial charge in [-0.1, -0.05) is 36.4 Å². The summed E-state index contributed by atoms with van der Waals surface area (Å²) < 4.78 is 76.9. The Morgan fingerprint density at radius 2 is 1.63 bits per heavy atom. The molecule has 1 unspecified atom stereocenters. The molecule has 0 spiro atoms. The fraction of sp³-hybridized carbons (Fsp3) is 0.241. The van der Waals surface area contributed by atoms with Gasteiger partial charge in [0, 0.05) is 18.4 Å². The second kappa shape index (κ2) is 12.2. The van der Waals surface area contributed by atoms with Crippen LogP contribution in [0.3, 0.4) is 0 Å². The van der Waals surface area contributed by atoms with E-state index in [1.165, 1.54) is 36.4 Å². The quantitative estimate of drug-likeness (QED) is 0.244. The number of ether oxygens (including phenoxy) is 2. The van der Waals surface area contributed by atoms with Crippen molar-refractivity contribution in [2.24, 2.45) is 0 Å². The fourth-order valence-corrected chi connectivity index (χ4v) is 5.61. The molecule has 3 aromatic carbocycles. The first-order valence-corrected chi connectivity index (χ1v) is 14.1. The molecule has 4 aromatic rings. The Morgan fingerprint density at radius 1 is 1.00 bits per heavy atom. The van der Waals surface area contributed by atoms with E-state index >= 15 is 0 Å². The van der Waals surface area contributed by atoms with Crippen LogP contribution in [0.15, 0.2) is 77.7 Å². The Hall–Kier alpha value is -4.00. The minimum atomic E-state index is -4.89. The number of aryl methyl sites for hydroxylation is 1. The summed E-state index contributed by atoms with van der Waals surface area (Å²) >= 11 is 0. The van der Waals surface area contributed by atoms with E-state index in [-0.39, 0.29) is 30.1 Å². The lowest BCUT2D eigenvalue weighted by Crippen LogP contribution is -2.31. The third-order valence-corrected chi connectivity index (χ3v) is 7.74. The van der Waals surface area contributed by atoms with Crippen LogP contribution in [0.1, 0.15) is 45.8 Å². The zero-order valence-corrected chi connectivity index (χ0v) is 22.9. The molecule has 0 amide bonds. The molecule has 0 aliphatic carbocycles.